The Bertz CT molecular complexity index is 355. The van der Waals surface area contributed by atoms with Gasteiger partial charge in [-0.25, -0.2) is 0 Å². The van der Waals surface area contributed by atoms with Crippen LogP contribution < -0.4 is 5.32 Å². The van der Waals surface area contributed by atoms with Crippen molar-refractivity contribution < 1.29 is 5.11 Å². The van der Waals surface area contributed by atoms with Crippen LogP contribution in [0.1, 0.15) is 17.7 Å². The minimum atomic E-state index is 0. The molecule has 1 aliphatic heterocycles. The van der Waals surface area contributed by atoms with E-state index in [0.29, 0.717) is 24.5 Å². The van der Waals surface area contributed by atoms with E-state index in [1.165, 1.54) is 11.3 Å². The summed E-state index contributed by atoms with van der Waals surface area (Å²) >= 11 is 0. The summed E-state index contributed by atoms with van der Waals surface area (Å²) in [7, 11) is 0. The SMILES string of the molecule is Cl.OCC1CNC2Cc3cn[nH]c3CC2C1. The number of rotatable bonds is 1. The highest BCUT2D eigenvalue weighted by Crippen LogP contribution is 2.31. The van der Waals surface area contributed by atoms with E-state index in [1.807, 2.05) is 6.20 Å². The summed E-state index contributed by atoms with van der Waals surface area (Å²) in [5.74, 6) is 1.11. The third-order valence-electron chi connectivity index (χ3n) is 3.85. The van der Waals surface area contributed by atoms with Crippen LogP contribution in [0.4, 0.5) is 0 Å². The standard InChI is InChI=1S/C11H17N3O.ClH/c15-6-7-1-8-2-11-9(5-13-14-11)3-10(8)12-4-7;/h5,7-8,10,12,15H,1-4,6H2,(H,13,14);1H. The molecule has 1 aliphatic carbocycles. The zero-order chi connectivity index (χ0) is 10.3. The number of nitrogens with one attached hydrogen (secondary N) is 2. The van der Waals surface area contributed by atoms with Gasteiger partial charge in [0.25, 0.3) is 0 Å². The van der Waals surface area contributed by atoms with Crippen LogP contribution in [0.2, 0.25) is 0 Å². The van der Waals surface area contributed by atoms with Crippen molar-refractivity contribution in [1.29, 1.82) is 0 Å². The van der Waals surface area contributed by atoms with Gasteiger partial charge in [0.05, 0.1) is 6.20 Å². The molecule has 0 amide bonds. The molecule has 5 heteroatoms. The Balaban J connectivity index is 0.000000963. The smallest absolute Gasteiger partial charge is 0.0522 e. The van der Waals surface area contributed by atoms with Gasteiger partial charge in [-0.15, -0.1) is 12.4 Å². The first-order valence-electron chi connectivity index (χ1n) is 5.72. The van der Waals surface area contributed by atoms with Gasteiger partial charge in [0.2, 0.25) is 0 Å². The van der Waals surface area contributed by atoms with Gasteiger partial charge < -0.3 is 10.4 Å². The van der Waals surface area contributed by atoms with Gasteiger partial charge in [-0.3, -0.25) is 5.10 Å². The second-order valence-corrected chi connectivity index (χ2v) is 4.84. The lowest BCUT2D eigenvalue weighted by atomic mass is 9.76. The maximum absolute atomic E-state index is 9.18. The molecule has 4 nitrogen and oxygen atoms in total. The number of halogens is 1. The van der Waals surface area contributed by atoms with E-state index in [2.05, 4.69) is 15.5 Å². The average Bonchev–Trinajstić information content (AvgIpc) is 2.72. The molecule has 0 radical (unpaired) electrons. The van der Waals surface area contributed by atoms with E-state index >= 15 is 0 Å². The fourth-order valence-corrected chi connectivity index (χ4v) is 2.95. The average molecular weight is 244 g/mol. The summed E-state index contributed by atoms with van der Waals surface area (Å²) in [5.41, 5.74) is 2.67. The summed E-state index contributed by atoms with van der Waals surface area (Å²) in [6.45, 7) is 1.27. The van der Waals surface area contributed by atoms with E-state index < -0.39 is 0 Å². The van der Waals surface area contributed by atoms with Crippen LogP contribution in [-0.4, -0.2) is 34.5 Å². The molecule has 2 heterocycles. The van der Waals surface area contributed by atoms with E-state index in [0.717, 1.165) is 25.8 Å². The Morgan fingerprint density at radius 3 is 3.12 bits per heavy atom. The van der Waals surface area contributed by atoms with Crippen molar-refractivity contribution in [3.63, 3.8) is 0 Å². The van der Waals surface area contributed by atoms with Gasteiger partial charge in [0.15, 0.2) is 0 Å². The first-order valence-corrected chi connectivity index (χ1v) is 5.72. The van der Waals surface area contributed by atoms with Gasteiger partial charge in [-0.2, -0.15) is 5.10 Å². The van der Waals surface area contributed by atoms with Gasteiger partial charge in [0.1, 0.15) is 0 Å². The van der Waals surface area contributed by atoms with Crippen molar-refractivity contribution in [2.24, 2.45) is 11.8 Å². The molecule has 3 N–H and O–H groups in total. The molecular weight excluding hydrogens is 226 g/mol. The number of aromatic nitrogens is 2. The van der Waals surface area contributed by atoms with Crippen molar-refractivity contribution >= 4 is 12.4 Å². The van der Waals surface area contributed by atoms with Crippen molar-refractivity contribution in [2.45, 2.75) is 25.3 Å². The number of piperidine rings is 1. The quantitative estimate of drug-likeness (QED) is 0.674. The molecule has 16 heavy (non-hydrogen) atoms. The molecule has 3 atom stereocenters. The topological polar surface area (TPSA) is 60.9 Å². The molecule has 3 unspecified atom stereocenters. The lowest BCUT2D eigenvalue weighted by Gasteiger charge is -2.39. The van der Waals surface area contributed by atoms with Gasteiger partial charge >= 0.3 is 0 Å². The number of fused-ring (bicyclic) bond motifs is 2. The normalized spacial score (nSPS) is 32.4. The van der Waals surface area contributed by atoms with E-state index in [-0.39, 0.29) is 12.4 Å². The highest BCUT2D eigenvalue weighted by atomic mass is 35.5. The Hall–Kier alpha value is -0.580. The molecule has 0 saturated carbocycles. The monoisotopic (exact) mass is 243 g/mol. The van der Waals surface area contributed by atoms with Crippen molar-refractivity contribution in [1.82, 2.24) is 15.5 Å². The van der Waals surface area contributed by atoms with Crippen LogP contribution in [-0.2, 0) is 12.8 Å². The first-order chi connectivity index (χ1) is 7.36. The molecule has 0 bridgehead atoms. The van der Waals surface area contributed by atoms with E-state index in [1.54, 1.807) is 0 Å². The zero-order valence-corrected chi connectivity index (χ0v) is 9.96. The summed E-state index contributed by atoms with van der Waals surface area (Å²) in [4.78, 5) is 0. The van der Waals surface area contributed by atoms with Crippen molar-refractivity contribution in [3.05, 3.63) is 17.5 Å². The van der Waals surface area contributed by atoms with E-state index in [9.17, 15) is 5.11 Å². The van der Waals surface area contributed by atoms with Crippen LogP contribution in [0.3, 0.4) is 0 Å². The number of aliphatic hydroxyl groups is 1. The van der Waals surface area contributed by atoms with Crippen LogP contribution in [0.25, 0.3) is 0 Å². The molecule has 90 valence electrons. The van der Waals surface area contributed by atoms with Crippen molar-refractivity contribution in [2.75, 3.05) is 13.2 Å². The lowest BCUT2D eigenvalue weighted by Crippen LogP contribution is -2.49. The number of nitrogens with zero attached hydrogens (tertiary/aromatic N) is 1. The molecule has 0 spiro atoms. The predicted octanol–water partition coefficient (Wildman–Crippen LogP) is 0.517. The Morgan fingerprint density at radius 1 is 1.44 bits per heavy atom. The summed E-state index contributed by atoms with van der Waals surface area (Å²) in [5, 5.41) is 19.9. The Kier molecular flexibility index (Phi) is 3.52. The highest BCUT2D eigenvalue weighted by molar-refractivity contribution is 5.85. The second kappa shape index (κ2) is 4.73. The number of aromatic amines is 1. The highest BCUT2D eigenvalue weighted by Gasteiger charge is 2.34. The number of hydrogen-bond donors (Lipinski definition) is 3. The van der Waals surface area contributed by atoms with Crippen LogP contribution in [0, 0.1) is 11.8 Å². The lowest BCUT2D eigenvalue weighted by molar-refractivity contribution is 0.138. The minimum absolute atomic E-state index is 0. The van der Waals surface area contributed by atoms with Gasteiger partial charge in [-0.1, -0.05) is 0 Å². The maximum atomic E-state index is 9.18. The summed E-state index contributed by atoms with van der Waals surface area (Å²) in [6, 6.07) is 0.595. The van der Waals surface area contributed by atoms with Gasteiger partial charge in [0, 0.05) is 24.9 Å². The number of hydrogen-bond acceptors (Lipinski definition) is 3. The van der Waals surface area contributed by atoms with Crippen LogP contribution >= 0.6 is 12.4 Å². The third kappa shape index (κ3) is 1.97. The molecule has 1 aromatic heterocycles. The third-order valence-corrected chi connectivity index (χ3v) is 3.85. The Labute approximate surface area is 101 Å². The number of aliphatic hydroxyl groups excluding tert-OH is 1. The molecule has 1 saturated heterocycles. The Morgan fingerprint density at radius 2 is 2.31 bits per heavy atom. The summed E-state index contributed by atoms with van der Waals surface area (Å²) < 4.78 is 0. The second-order valence-electron chi connectivity index (χ2n) is 4.84. The molecule has 1 aromatic rings. The predicted molar refractivity (Wildman–Crippen MR) is 63.7 cm³/mol. The van der Waals surface area contributed by atoms with Crippen LogP contribution in [0.5, 0.6) is 0 Å². The van der Waals surface area contributed by atoms with Crippen molar-refractivity contribution in [3.8, 4) is 0 Å². The fraction of sp³-hybridized carbons (Fsp3) is 0.727. The fourth-order valence-electron chi connectivity index (χ4n) is 2.95. The zero-order valence-electron chi connectivity index (χ0n) is 9.15. The number of H-pyrrole nitrogens is 1. The molecule has 1 fully saturated rings. The maximum Gasteiger partial charge on any atom is 0.0522 e. The van der Waals surface area contributed by atoms with E-state index in [4.69, 9.17) is 0 Å². The van der Waals surface area contributed by atoms with Gasteiger partial charge in [-0.05, 0) is 36.7 Å². The molecule has 2 aliphatic rings. The molecule has 0 aromatic carbocycles. The van der Waals surface area contributed by atoms with Crippen LogP contribution in [0.15, 0.2) is 6.20 Å². The largest absolute Gasteiger partial charge is 0.396 e. The molecule has 3 rings (SSSR count). The molecular formula is C11H18ClN3O. The summed E-state index contributed by atoms with van der Waals surface area (Å²) in [6.07, 6.45) is 5.27. The minimum Gasteiger partial charge on any atom is -0.396 e. The first kappa shape index (κ1) is 11.9.